The molecule has 3 amide bonds. The molecule has 9 heteroatoms. The first-order valence-corrected chi connectivity index (χ1v) is 16.3. The summed E-state index contributed by atoms with van der Waals surface area (Å²) in [5.74, 6) is -3.32. The molecule has 1 saturated heterocycles. The molecule has 1 saturated carbocycles. The van der Waals surface area contributed by atoms with Crippen LogP contribution in [0.5, 0.6) is 0 Å². The molecule has 242 valence electrons. The van der Waals surface area contributed by atoms with Crippen molar-refractivity contribution in [2.45, 2.75) is 123 Å². The summed E-state index contributed by atoms with van der Waals surface area (Å²) in [6, 6.07) is 9.55. The second-order valence-electron chi connectivity index (χ2n) is 13.5. The van der Waals surface area contributed by atoms with E-state index in [9.17, 15) is 19.5 Å². The van der Waals surface area contributed by atoms with E-state index in [1.54, 1.807) is 13.8 Å². The average molecular weight is 602 g/mol. The largest absolute Gasteiger partial charge is 0.481 e. The molecule has 1 aromatic rings. The molecule has 4 atom stereocenters. The van der Waals surface area contributed by atoms with Crippen LogP contribution in [0, 0.1) is 17.3 Å². The molecule has 0 radical (unpaired) electrons. The topological polar surface area (TPSA) is 117 Å². The minimum absolute atomic E-state index is 0.0199. The summed E-state index contributed by atoms with van der Waals surface area (Å²) >= 11 is 0. The molecule has 0 aromatic heterocycles. The Kier molecular flexibility index (Phi) is 13.3. The van der Waals surface area contributed by atoms with Gasteiger partial charge in [0.1, 0.15) is 6.10 Å². The SMILES string of the molecule is CCCCCCCCN(Cc1ccccc1)C(=O)NC1CCCCC1C(CNC(=O)C1OC(C)(C)OCC1(C)C)C(=O)O. The van der Waals surface area contributed by atoms with Crippen molar-refractivity contribution in [3.8, 4) is 0 Å². The summed E-state index contributed by atoms with van der Waals surface area (Å²) in [4.78, 5) is 41.4. The van der Waals surface area contributed by atoms with Crippen molar-refractivity contribution in [2.24, 2.45) is 17.3 Å². The number of rotatable bonds is 15. The Balaban J connectivity index is 1.66. The number of carbonyl (C=O) groups is 3. The van der Waals surface area contributed by atoms with E-state index < -0.39 is 29.2 Å². The smallest absolute Gasteiger partial charge is 0.317 e. The second kappa shape index (κ2) is 16.4. The van der Waals surface area contributed by atoms with Gasteiger partial charge in [0.2, 0.25) is 5.91 Å². The quantitative estimate of drug-likeness (QED) is 0.209. The van der Waals surface area contributed by atoms with Crippen LogP contribution in [0.2, 0.25) is 0 Å². The lowest BCUT2D eigenvalue weighted by atomic mass is 9.76. The normalized spacial score (nSPS) is 23.6. The lowest BCUT2D eigenvalue weighted by Crippen LogP contribution is -2.57. The fourth-order valence-corrected chi connectivity index (χ4v) is 6.26. The van der Waals surface area contributed by atoms with Gasteiger partial charge in [-0.25, -0.2) is 4.79 Å². The van der Waals surface area contributed by atoms with Crippen molar-refractivity contribution in [2.75, 3.05) is 19.7 Å². The first-order valence-electron chi connectivity index (χ1n) is 16.3. The second-order valence-corrected chi connectivity index (χ2v) is 13.5. The van der Waals surface area contributed by atoms with Gasteiger partial charge >= 0.3 is 12.0 Å². The Morgan fingerprint density at radius 2 is 1.67 bits per heavy atom. The third-order valence-electron chi connectivity index (χ3n) is 8.88. The van der Waals surface area contributed by atoms with Gasteiger partial charge in [-0.15, -0.1) is 0 Å². The number of carboxylic acid groups (broad SMARTS) is 1. The van der Waals surface area contributed by atoms with Crippen LogP contribution in [0.25, 0.3) is 0 Å². The zero-order valence-corrected chi connectivity index (χ0v) is 27.0. The van der Waals surface area contributed by atoms with Crippen LogP contribution in [-0.4, -0.2) is 65.5 Å². The summed E-state index contributed by atoms with van der Waals surface area (Å²) in [5.41, 5.74) is 0.508. The number of carboxylic acids is 1. The zero-order valence-electron chi connectivity index (χ0n) is 27.0. The van der Waals surface area contributed by atoms with Crippen molar-refractivity contribution in [3.05, 3.63) is 35.9 Å². The predicted molar refractivity (Wildman–Crippen MR) is 167 cm³/mol. The molecule has 3 N–H and O–H groups in total. The highest BCUT2D eigenvalue weighted by atomic mass is 16.7. The molecule has 43 heavy (non-hydrogen) atoms. The lowest BCUT2D eigenvalue weighted by Gasteiger charge is -2.45. The molecule has 4 unspecified atom stereocenters. The first-order chi connectivity index (χ1) is 20.4. The summed E-state index contributed by atoms with van der Waals surface area (Å²) < 4.78 is 11.7. The van der Waals surface area contributed by atoms with Crippen LogP contribution in [-0.2, 0) is 25.6 Å². The van der Waals surface area contributed by atoms with Crippen LogP contribution >= 0.6 is 0 Å². The van der Waals surface area contributed by atoms with Gasteiger partial charge < -0.3 is 30.1 Å². The summed E-state index contributed by atoms with van der Waals surface area (Å²) in [5, 5.41) is 16.4. The van der Waals surface area contributed by atoms with E-state index in [1.807, 2.05) is 49.1 Å². The maximum absolute atomic E-state index is 13.7. The first kappa shape index (κ1) is 34.8. The van der Waals surface area contributed by atoms with Crippen molar-refractivity contribution >= 4 is 17.9 Å². The minimum Gasteiger partial charge on any atom is -0.481 e. The summed E-state index contributed by atoms with van der Waals surface area (Å²) in [6.45, 7) is 11.0. The van der Waals surface area contributed by atoms with Gasteiger partial charge in [0.05, 0.1) is 12.5 Å². The molecule has 1 aliphatic heterocycles. The average Bonchev–Trinajstić information content (AvgIpc) is 2.96. The minimum atomic E-state index is -0.966. The predicted octanol–water partition coefficient (Wildman–Crippen LogP) is 6.11. The molecular weight excluding hydrogens is 546 g/mol. The summed E-state index contributed by atoms with van der Waals surface area (Å²) in [6.07, 6.45) is 9.29. The van der Waals surface area contributed by atoms with Crippen LogP contribution in [0.3, 0.4) is 0 Å². The zero-order chi connectivity index (χ0) is 31.5. The van der Waals surface area contributed by atoms with E-state index in [4.69, 9.17) is 9.47 Å². The molecule has 9 nitrogen and oxygen atoms in total. The van der Waals surface area contributed by atoms with Crippen molar-refractivity contribution in [1.82, 2.24) is 15.5 Å². The molecule has 2 fully saturated rings. The monoisotopic (exact) mass is 601 g/mol. The number of hydrogen-bond acceptors (Lipinski definition) is 5. The van der Waals surface area contributed by atoms with Crippen LogP contribution < -0.4 is 10.6 Å². The fourth-order valence-electron chi connectivity index (χ4n) is 6.26. The number of unbranched alkanes of at least 4 members (excludes halogenated alkanes) is 5. The lowest BCUT2D eigenvalue weighted by molar-refractivity contribution is -0.304. The number of amides is 3. The number of hydrogen-bond donors (Lipinski definition) is 3. The molecule has 1 heterocycles. The molecule has 2 aliphatic rings. The van der Waals surface area contributed by atoms with Gasteiger partial charge in [0.15, 0.2) is 5.79 Å². The van der Waals surface area contributed by atoms with Crippen LogP contribution in [0.15, 0.2) is 30.3 Å². The van der Waals surface area contributed by atoms with Crippen molar-refractivity contribution in [3.63, 3.8) is 0 Å². The molecule has 0 bridgehead atoms. The highest BCUT2D eigenvalue weighted by molar-refractivity contribution is 5.82. The Hall–Kier alpha value is -2.65. The number of nitrogens with one attached hydrogen (secondary N) is 2. The Morgan fingerprint density at radius 1 is 1.00 bits per heavy atom. The highest BCUT2D eigenvalue weighted by Crippen LogP contribution is 2.35. The van der Waals surface area contributed by atoms with Crippen molar-refractivity contribution in [1.29, 1.82) is 0 Å². The van der Waals surface area contributed by atoms with E-state index in [-0.39, 0.29) is 30.4 Å². The number of benzene rings is 1. The third kappa shape index (κ3) is 10.8. The van der Waals surface area contributed by atoms with Gasteiger partial charge in [-0.1, -0.05) is 96.0 Å². The Morgan fingerprint density at radius 3 is 2.37 bits per heavy atom. The van der Waals surface area contributed by atoms with Crippen LogP contribution in [0.1, 0.15) is 104 Å². The van der Waals surface area contributed by atoms with Crippen LogP contribution in [0.4, 0.5) is 4.79 Å². The molecule has 0 spiro atoms. The third-order valence-corrected chi connectivity index (χ3v) is 8.88. The Bertz CT molecular complexity index is 1030. The van der Waals surface area contributed by atoms with Crippen molar-refractivity contribution < 1.29 is 29.0 Å². The number of urea groups is 1. The standard InChI is InChI=1S/C34H55N3O6/c1-6-7-8-9-10-16-21-37(23-25-17-12-11-13-18-25)32(41)36-28-20-15-14-19-26(28)27(31(39)40)22-35-30(38)29-33(2,3)24-42-34(4,5)43-29/h11-13,17-18,26-29H,6-10,14-16,19-24H2,1-5H3,(H,35,38)(H,36,41)(H,39,40). The number of carbonyl (C=O) groups excluding carboxylic acids is 2. The Labute approximate surface area is 258 Å². The molecule has 1 aliphatic carbocycles. The van der Waals surface area contributed by atoms with E-state index in [2.05, 4.69) is 17.6 Å². The van der Waals surface area contributed by atoms with Gasteiger partial charge in [0.25, 0.3) is 0 Å². The molecule has 1 aromatic carbocycles. The molecular formula is C34H55N3O6. The fraction of sp³-hybridized carbons (Fsp3) is 0.735. The maximum Gasteiger partial charge on any atom is 0.317 e. The maximum atomic E-state index is 13.7. The van der Waals surface area contributed by atoms with Gasteiger partial charge in [-0.3, -0.25) is 9.59 Å². The molecule has 3 rings (SSSR count). The van der Waals surface area contributed by atoms with E-state index in [1.165, 1.54) is 25.7 Å². The van der Waals surface area contributed by atoms with Gasteiger partial charge in [-0.05, 0) is 44.6 Å². The van der Waals surface area contributed by atoms with Gasteiger partial charge in [-0.2, -0.15) is 0 Å². The van der Waals surface area contributed by atoms with Gasteiger partial charge in [0, 0.05) is 31.1 Å². The highest BCUT2D eigenvalue weighted by Gasteiger charge is 2.46. The number of ether oxygens (including phenoxy) is 2. The van der Waals surface area contributed by atoms with E-state index in [0.717, 1.165) is 31.2 Å². The van der Waals surface area contributed by atoms with E-state index in [0.29, 0.717) is 32.5 Å². The number of nitrogens with zero attached hydrogens (tertiary/aromatic N) is 1. The summed E-state index contributed by atoms with van der Waals surface area (Å²) in [7, 11) is 0. The van der Waals surface area contributed by atoms with E-state index >= 15 is 0 Å². The number of aliphatic carboxylic acids is 1.